The van der Waals surface area contributed by atoms with Gasteiger partial charge in [0.05, 0.1) is 10.6 Å². The third-order valence-corrected chi connectivity index (χ3v) is 4.87. The van der Waals surface area contributed by atoms with E-state index in [4.69, 9.17) is 5.84 Å². The standard InChI is InChI=1S/C17H23N3O2S.BrH/c1-12(2)10-14-11-15(6-9-17(14)19-18)20-23(21,22)16-7-4-13(3)5-8-16;/h4-9,11-12,19-20H,10,18H2,1-3H3;1H. The number of benzene rings is 2. The summed E-state index contributed by atoms with van der Waals surface area (Å²) in [5.41, 5.74) is 5.98. The maximum atomic E-state index is 12.4. The molecule has 0 amide bonds. The molecule has 24 heavy (non-hydrogen) atoms. The molecule has 2 aromatic carbocycles. The molecule has 0 unspecified atom stereocenters. The average molecular weight is 414 g/mol. The molecule has 0 aromatic heterocycles. The van der Waals surface area contributed by atoms with Crippen molar-refractivity contribution in [1.29, 1.82) is 0 Å². The van der Waals surface area contributed by atoms with E-state index in [-0.39, 0.29) is 21.9 Å². The third kappa shape index (κ3) is 5.22. The number of nitrogens with one attached hydrogen (secondary N) is 2. The first kappa shape index (κ1) is 20.5. The lowest BCUT2D eigenvalue weighted by Crippen LogP contribution is -2.14. The molecule has 5 nitrogen and oxygen atoms in total. The Hall–Kier alpha value is -1.57. The van der Waals surface area contributed by atoms with Crippen LogP contribution in [-0.2, 0) is 16.4 Å². The van der Waals surface area contributed by atoms with Crippen LogP contribution in [0.25, 0.3) is 0 Å². The van der Waals surface area contributed by atoms with Crippen molar-refractivity contribution in [1.82, 2.24) is 0 Å². The monoisotopic (exact) mass is 413 g/mol. The minimum absolute atomic E-state index is 0. The zero-order valence-electron chi connectivity index (χ0n) is 14.0. The molecule has 0 spiro atoms. The van der Waals surface area contributed by atoms with Crippen molar-refractivity contribution in [2.24, 2.45) is 11.8 Å². The molecule has 0 saturated carbocycles. The van der Waals surface area contributed by atoms with Crippen molar-refractivity contribution in [3.63, 3.8) is 0 Å². The second-order valence-corrected chi connectivity index (χ2v) is 7.72. The second-order valence-electron chi connectivity index (χ2n) is 6.03. The molecule has 0 radical (unpaired) electrons. The average Bonchev–Trinajstić information content (AvgIpc) is 2.47. The fourth-order valence-corrected chi connectivity index (χ4v) is 3.39. The van der Waals surface area contributed by atoms with Crippen LogP contribution in [0.4, 0.5) is 11.4 Å². The van der Waals surface area contributed by atoms with Gasteiger partial charge in [0, 0.05) is 5.69 Å². The zero-order chi connectivity index (χ0) is 17.0. The van der Waals surface area contributed by atoms with Crippen molar-refractivity contribution >= 4 is 38.4 Å². The van der Waals surface area contributed by atoms with E-state index in [1.807, 2.05) is 13.0 Å². The van der Waals surface area contributed by atoms with Gasteiger partial charge in [0.1, 0.15) is 0 Å². The highest BCUT2D eigenvalue weighted by Crippen LogP contribution is 2.24. The molecule has 0 bridgehead atoms. The largest absolute Gasteiger partial charge is 0.324 e. The van der Waals surface area contributed by atoms with Gasteiger partial charge in [-0.05, 0) is 55.2 Å². The van der Waals surface area contributed by atoms with E-state index >= 15 is 0 Å². The smallest absolute Gasteiger partial charge is 0.261 e. The van der Waals surface area contributed by atoms with Gasteiger partial charge in [-0.1, -0.05) is 31.5 Å². The predicted molar refractivity (Wildman–Crippen MR) is 105 cm³/mol. The number of nitrogen functional groups attached to an aromatic ring is 1. The van der Waals surface area contributed by atoms with Gasteiger partial charge < -0.3 is 5.43 Å². The number of aryl methyl sites for hydroxylation is 1. The van der Waals surface area contributed by atoms with Crippen LogP contribution in [-0.4, -0.2) is 8.42 Å². The Morgan fingerprint density at radius 3 is 2.25 bits per heavy atom. The molecule has 7 heteroatoms. The van der Waals surface area contributed by atoms with Crippen molar-refractivity contribution in [2.45, 2.75) is 32.1 Å². The van der Waals surface area contributed by atoms with E-state index in [0.717, 1.165) is 23.2 Å². The maximum Gasteiger partial charge on any atom is 0.261 e. The summed E-state index contributed by atoms with van der Waals surface area (Å²) in [4.78, 5) is 0.245. The normalized spacial score (nSPS) is 11.0. The molecule has 0 heterocycles. The molecular weight excluding hydrogens is 390 g/mol. The van der Waals surface area contributed by atoms with Gasteiger partial charge in [-0.2, -0.15) is 0 Å². The number of hydrogen-bond acceptors (Lipinski definition) is 4. The zero-order valence-corrected chi connectivity index (χ0v) is 16.6. The van der Waals surface area contributed by atoms with Gasteiger partial charge in [-0.25, -0.2) is 8.42 Å². The van der Waals surface area contributed by atoms with Crippen molar-refractivity contribution < 1.29 is 8.42 Å². The molecule has 0 saturated heterocycles. The summed E-state index contributed by atoms with van der Waals surface area (Å²) >= 11 is 0. The van der Waals surface area contributed by atoms with Crippen LogP contribution in [0.1, 0.15) is 25.0 Å². The van der Waals surface area contributed by atoms with Crippen LogP contribution in [0.15, 0.2) is 47.4 Å². The van der Waals surface area contributed by atoms with Crippen LogP contribution in [0.2, 0.25) is 0 Å². The summed E-state index contributed by atoms with van der Waals surface area (Å²) in [6, 6.07) is 12.1. The lowest BCUT2D eigenvalue weighted by atomic mass is 10.0. The minimum atomic E-state index is -3.60. The summed E-state index contributed by atoms with van der Waals surface area (Å²) < 4.78 is 27.5. The van der Waals surface area contributed by atoms with Crippen molar-refractivity contribution in [3.8, 4) is 0 Å². The Bertz CT molecular complexity index is 775. The van der Waals surface area contributed by atoms with E-state index in [1.165, 1.54) is 0 Å². The summed E-state index contributed by atoms with van der Waals surface area (Å²) in [6.45, 7) is 6.12. The minimum Gasteiger partial charge on any atom is -0.324 e. The summed E-state index contributed by atoms with van der Waals surface area (Å²) in [5.74, 6) is 5.96. The predicted octanol–water partition coefficient (Wildman–Crippen LogP) is 3.86. The van der Waals surface area contributed by atoms with Gasteiger partial charge in [0.2, 0.25) is 0 Å². The van der Waals surface area contributed by atoms with Crippen LogP contribution in [0.5, 0.6) is 0 Å². The molecule has 2 rings (SSSR count). The SMILES string of the molecule is Br.Cc1ccc(S(=O)(=O)Nc2ccc(NN)c(CC(C)C)c2)cc1. The fraction of sp³-hybridized carbons (Fsp3) is 0.294. The van der Waals surface area contributed by atoms with Gasteiger partial charge in [0.25, 0.3) is 10.0 Å². The molecule has 0 aliphatic heterocycles. The lowest BCUT2D eigenvalue weighted by Gasteiger charge is -2.14. The Morgan fingerprint density at radius 2 is 1.71 bits per heavy atom. The summed E-state index contributed by atoms with van der Waals surface area (Å²) in [7, 11) is -3.60. The molecule has 0 aliphatic rings. The molecule has 4 N–H and O–H groups in total. The van der Waals surface area contributed by atoms with Gasteiger partial charge in [-0.3, -0.25) is 10.6 Å². The third-order valence-electron chi connectivity index (χ3n) is 3.47. The molecular formula is C17H24BrN3O2S. The number of nitrogens with two attached hydrogens (primary N) is 1. The Kier molecular flexibility index (Phi) is 7.26. The maximum absolute atomic E-state index is 12.4. The number of anilines is 2. The van der Waals surface area contributed by atoms with Crippen molar-refractivity contribution in [3.05, 3.63) is 53.6 Å². The quantitative estimate of drug-likeness (QED) is 0.495. The highest BCUT2D eigenvalue weighted by Gasteiger charge is 2.15. The topological polar surface area (TPSA) is 84.2 Å². The summed E-state index contributed by atoms with van der Waals surface area (Å²) in [5, 5.41) is 0. The number of halogens is 1. The van der Waals surface area contributed by atoms with Crippen LogP contribution < -0.4 is 16.0 Å². The number of hydrazine groups is 1. The first-order chi connectivity index (χ1) is 10.8. The number of hydrogen-bond donors (Lipinski definition) is 3. The van der Waals surface area contributed by atoms with E-state index in [9.17, 15) is 8.42 Å². The Balaban J connectivity index is 0.00000288. The highest BCUT2D eigenvalue weighted by atomic mass is 79.9. The second kappa shape index (κ2) is 8.50. The number of rotatable bonds is 6. The fourth-order valence-electron chi connectivity index (χ4n) is 2.34. The van der Waals surface area contributed by atoms with Crippen molar-refractivity contribution in [2.75, 3.05) is 10.1 Å². The molecule has 2 aromatic rings. The molecule has 0 aliphatic carbocycles. The van der Waals surface area contributed by atoms with Gasteiger partial charge >= 0.3 is 0 Å². The molecule has 132 valence electrons. The number of sulfonamides is 1. The Labute approximate surface area is 154 Å². The highest BCUT2D eigenvalue weighted by molar-refractivity contribution is 8.93. The van der Waals surface area contributed by atoms with Gasteiger partial charge in [0.15, 0.2) is 0 Å². The van der Waals surface area contributed by atoms with E-state index < -0.39 is 10.0 Å². The van der Waals surface area contributed by atoms with Gasteiger partial charge in [-0.15, -0.1) is 17.0 Å². The molecule has 0 fully saturated rings. The Morgan fingerprint density at radius 1 is 1.08 bits per heavy atom. The van der Waals surface area contributed by atoms with E-state index in [1.54, 1.807) is 36.4 Å². The van der Waals surface area contributed by atoms with Crippen LogP contribution >= 0.6 is 17.0 Å². The van der Waals surface area contributed by atoms with E-state index in [2.05, 4.69) is 24.0 Å². The summed E-state index contributed by atoms with van der Waals surface area (Å²) in [6.07, 6.45) is 0.805. The van der Waals surface area contributed by atoms with E-state index in [0.29, 0.717) is 11.6 Å². The first-order valence-electron chi connectivity index (χ1n) is 7.51. The van der Waals surface area contributed by atoms with Crippen LogP contribution in [0.3, 0.4) is 0 Å². The first-order valence-corrected chi connectivity index (χ1v) is 8.99. The van der Waals surface area contributed by atoms with Crippen LogP contribution in [0, 0.1) is 12.8 Å². The molecule has 0 atom stereocenters. The lowest BCUT2D eigenvalue weighted by molar-refractivity contribution is 0.601.